The molecule has 0 amide bonds. The number of nitrogens with zero attached hydrogens (tertiary/aromatic N) is 1. The van der Waals surface area contributed by atoms with Crippen molar-refractivity contribution in [1.29, 1.82) is 0 Å². The number of anilines is 1. The van der Waals surface area contributed by atoms with Gasteiger partial charge in [0.2, 0.25) is 0 Å². The third-order valence-corrected chi connectivity index (χ3v) is 3.51. The molecule has 0 aliphatic carbocycles. The van der Waals surface area contributed by atoms with Gasteiger partial charge in [-0.25, -0.2) is 4.98 Å². The highest BCUT2D eigenvalue weighted by molar-refractivity contribution is 9.10. The van der Waals surface area contributed by atoms with Crippen LogP contribution in [0, 0.1) is 6.92 Å². The molecule has 0 saturated carbocycles. The lowest BCUT2D eigenvalue weighted by Gasteiger charge is -2.20. The zero-order valence-electron chi connectivity index (χ0n) is 10.4. The fourth-order valence-corrected chi connectivity index (χ4v) is 2.59. The van der Waals surface area contributed by atoms with Gasteiger partial charge in [0.15, 0.2) is 0 Å². The number of pyridine rings is 1. The molecule has 0 bridgehead atoms. The molecule has 18 heavy (non-hydrogen) atoms. The molecule has 3 nitrogen and oxygen atoms in total. The molecule has 4 heteroatoms. The van der Waals surface area contributed by atoms with Crippen LogP contribution in [0.4, 0.5) is 5.82 Å². The lowest BCUT2D eigenvalue weighted by Crippen LogP contribution is -2.20. The Balaban J connectivity index is 2.49. The van der Waals surface area contributed by atoms with Crippen LogP contribution in [0.2, 0.25) is 0 Å². The van der Waals surface area contributed by atoms with E-state index in [0.29, 0.717) is 5.82 Å². The van der Waals surface area contributed by atoms with Crippen LogP contribution in [0.25, 0.3) is 0 Å². The second kappa shape index (κ2) is 5.50. The minimum atomic E-state index is 0.0619. The van der Waals surface area contributed by atoms with Gasteiger partial charge in [-0.3, -0.25) is 0 Å². The van der Waals surface area contributed by atoms with E-state index in [1.807, 2.05) is 25.2 Å². The summed E-state index contributed by atoms with van der Waals surface area (Å²) in [6, 6.07) is 10.2. The number of aryl methyl sites for hydroxylation is 1. The van der Waals surface area contributed by atoms with Crippen molar-refractivity contribution >= 4 is 21.7 Å². The zero-order chi connectivity index (χ0) is 13.1. The monoisotopic (exact) mass is 305 g/mol. The molecule has 1 aromatic carbocycles. The highest BCUT2D eigenvalue weighted by Crippen LogP contribution is 2.28. The second-order valence-electron chi connectivity index (χ2n) is 4.20. The molecular formula is C14H16BrN3. The fourth-order valence-electron chi connectivity index (χ4n) is 2.12. The molecule has 3 N–H and O–H groups in total. The molecule has 2 rings (SSSR count). The predicted molar refractivity (Wildman–Crippen MR) is 78.4 cm³/mol. The highest BCUT2D eigenvalue weighted by Gasteiger charge is 2.16. The van der Waals surface area contributed by atoms with E-state index in [2.05, 4.69) is 45.3 Å². The van der Waals surface area contributed by atoms with E-state index in [9.17, 15) is 0 Å². The summed E-state index contributed by atoms with van der Waals surface area (Å²) >= 11 is 3.48. The van der Waals surface area contributed by atoms with E-state index < -0.39 is 0 Å². The van der Waals surface area contributed by atoms with Gasteiger partial charge in [-0.15, -0.1) is 0 Å². The number of nitrogens with one attached hydrogen (secondary N) is 1. The van der Waals surface area contributed by atoms with Crippen molar-refractivity contribution < 1.29 is 0 Å². The normalized spacial score (nSPS) is 12.4. The SMILES string of the molecule is CNC(c1ccc(Br)cc1C)c1cccnc1N. The summed E-state index contributed by atoms with van der Waals surface area (Å²) in [6.07, 6.45) is 1.71. The van der Waals surface area contributed by atoms with Crippen molar-refractivity contribution in [2.75, 3.05) is 12.8 Å². The van der Waals surface area contributed by atoms with Crippen LogP contribution in [-0.2, 0) is 0 Å². The minimum absolute atomic E-state index is 0.0619. The van der Waals surface area contributed by atoms with Gasteiger partial charge in [0, 0.05) is 16.2 Å². The lowest BCUT2D eigenvalue weighted by atomic mass is 9.95. The van der Waals surface area contributed by atoms with Gasteiger partial charge in [0.25, 0.3) is 0 Å². The Labute approximate surface area is 116 Å². The van der Waals surface area contributed by atoms with E-state index >= 15 is 0 Å². The van der Waals surface area contributed by atoms with Crippen LogP contribution < -0.4 is 11.1 Å². The molecule has 0 aliphatic rings. The van der Waals surface area contributed by atoms with Gasteiger partial charge >= 0.3 is 0 Å². The molecule has 1 unspecified atom stereocenters. The molecule has 0 fully saturated rings. The largest absolute Gasteiger partial charge is 0.383 e. The number of hydrogen-bond acceptors (Lipinski definition) is 3. The molecule has 0 aliphatic heterocycles. The Kier molecular flexibility index (Phi) is 3.99. The third kappa shape index (κ3) is 2.54. The summed E-state index contributed by atoms with van der Waals surface area (Å²) < 4.78 is 1.08. The molecule has 0 saturated heterocycles. The molecule has 2 aromatic rings. The van der Waals surface area contributed by atoms with Crippen molar-refractivity contribution in [2.24, 2.45) is 0 Å². The Morgan fingerprint density at radius 1 is 1.28 bits per heavy atom. The van der Waals surface area contributed by atoms with Gasteiger partial charge in [-0.2, -0.15) is 0 Å². The van der Waals surface area contributed by atoms with Crippen LogP contribution >= 0.6 is 15.9 Å². The summed E-state index contributed by atoms with van der Waals surface area (Å²) in [4.78, 5) is 4.15. The van der Waals surface area contributed by atoms with Crippen molar-refractivity contribution in [3.05, 3.63) is 57.7 Å². The number of rotatable bonds is 3. The number of nitrogens with two attached hydrogens (primary N) is 1. The number of nitrogen functional groups attached to an aromatic ring is 1. The average Bonchev–Trinajstić information content (AvgIpc) is 2.34. The Morgan fingerprint density at radius 3 is 2.67 bits per heavy atom. The predicted octanol–water partition coefficient (Wildman–Crippen LogP) is 3.04. The van der Waals surface area contributed by atoms with Crippen LogP contribution in [0.3, 0.4) is 0 Å². The van der Waals surface area contributed by atoms with Crippen LogP contribution in [0.5, 0.6) is 0 Å². The van der Waals surface area contributed by atoms with E-state index in [1.165, 1.54) is 11.1 Å². The maximum absolute atomic E-state index is 5.95. The maximum Gasteiger partial charge on any atom is 0.128 e. The zero-order valence-corrected chi connectivity index (χ0v) is 12.0. The summed E-state index contributed by atoms with van der Waals surface area (Å²) in [5.41, 5.74) is 9.38. The first-order valence-electron chi connectivity index (χ1n) is 5.77. The average molecular weight is 306 g/mol. The molecule has 1 atom stereocenters. The van der Waals surface area contributed by atoms with Gasteiger partial charge in [-0.05, 0) is 43.3 Å². The van der Waals surface area contributed by atoms with Crippen LogP contribution in [0.1, 0.15) is 22.7 Å². The quantitative estimate of drug-likeness (QED) is 0.916. The first-order valence-corrected chi connectivity index (χ1v) is 6.56. The maximum atomic E-state index is 5.95. The summed E-state index contributed by atoms with van der Waals surface area (Å²) in [6.45, 7) is 2.09. The standard InChI is InChI=1S/C14H16BrN3/c1-9-8-10(15)5-6-11(9)13(17-2)12-4-3-7-18-14(12)16/h3-8,13,17H,1-2H3,(H2,16,18). The molecule has 0 radical (unpaired) electrons. The van der Waals surface area contributed by atoms with Crippen LogP contribution in [-0.4, -0.2) is 12.0 Å². The van der Waals surface area contributed by atoms with E-state index in [0.717, 1.165) is 10.0 Å². The van der Waals surface area contributed by atoms with Crippen molar-refractivity contribution in [1.82, 2.24) is 10.3 Å². The van der Waals surface area contributed by atoms with Gasteiger partial charge in [0.1, 0.15) is 5.82 Å². The number of halogens is 1. The second-order valence-corrected chi connectivity index (χ2v) is 5.12. The van der Waals surface area contributed by atoms with Gasteiger partial charge in [-0.1, -0.05) is 28.1 Å². The third-order valence-electron chi connectivity index (χ3n) is 3.01. The van der Waals surface area contributed by atoms with Gasteiger partial charge in [0.05, 0.1) is 6.04 Å². The first-order chi connectivity index (χ1) is 8.63. The van der Waals surface area contributed by atoms with E-state index in [1.54, 1.807) is 6.20 Å². The van der Waals surface area contributed by atoms with E-state index in [-0.39, 0.29) is 6.04 Å². The summed E-state index contributed by atoms with van der Waals surface area (Å²) in [5, 5.41) is 3.30. The molecule has 1 aromatic heterocycles. The molecule has 1 heterocycles. The van der Waals surface area contributed by atoms with Crippen molar-refractivity contribution in [3.63, 3.8) is 0 Å². The molecule has 94 valence electrons. The smallest absolute Gasteiger partial charge is 0.128 e. The summed E-state index contributed by atoms with van der Waals surface area (Å²) in [5.74, 6) is 0.569. The lowest BCUT2D eigenvalue weighted by molar-refractivity contribution is 0.687. The molecule has 0 spiro atoms. The van der Waals surface area contributed by atoms with Crippen molar-refractivity contribution in [3.8, 4) is 0 Å². The number of benzene rings is 1. The Hall–Kier alpha value is -1.39. The fraction of sp³-hybridized carbons (Fsp3) is 0.214. The highest BCUT2D eigenvalue weighted by atomic mass is 79.9. The first kappa shape index (κ1) is 13.1. The Bertz CT molecular complexity index is 554. The molecular weight excluding hydrogens is 290 g/mol. The summed E-state index contributed by atoms with van der Waals surface area (Å²) in [7, 11) is 1.93. The van der Waals surface area contributed by atoms with Crippen LogP contribution in [0.15, 0.2) is 41.0 Å². The Morgan fingerprint density at radius 2 is 2.06 bits per heavy atom. The van der Waals surface area contributed by atoms with Crippen molar-refractivity contribution in [2.45, 2.75) is 13.0 Å². The van der Waals surface area contributed by atoms with Gasteiger partial charge < -0.3 is 11.1 Å². The minimum Gasteiger partial charge on any atom is -0.383 e. The number of aromatic nitrogens is 1. The number of hydrogen-bond donors (Lipinski definition) is 2. The topological polar surface area (TPSA) is 50.9 Å². The van der Waals surface area contributed by atoms with E-state index in [4.69, 9.17) is 5.73 Å².